The van der Waals surface area contributed by atoms with E-state index in [4.69, 9.17) is 43.9 Å². The average molecular weight is 670 g/mol. The van der Waals surface area contributed by atoms with Gasteiger partial charge in [0.15, 0.2) is 23.4 Å². The number of fused-ring (bicyclic) bond motifs is 1. The number of anilines is 1. The molecular formula is C25H43N13O9. The molecule has 2 aromatic rings. The van der Waals surface area contributed by atoms with Gasteiger partial charge in [-0.1, -0.05) is 0 Å². The third kappa shape index (κ3) is 8.48. The summed E-state index contributed by atoms with van der Waals surface area (Å²) in [4.78, 5) is 52.5. The summed E-state index contributed by atoms with van der Waals surface area (Å²) in [6.07, 6.45) is -8.08. The van der Waals surface area contributed by atoms with E-state index < -0.39 is 84.5 Å². The number of hydrogen-bond donors (Lipinski definition) is 13. The summed E-state index contributed by atoms with van der Waals surface area (Å²) >= 11 is 0. The Morgan fingerprint density at radius 2 is 1.85 bits per heavy atom. The van der Waals surface area contributed by atoms with Crippen molar-refractivity contribution in [2.75, 3.05) is 18.8 Å². The molecule has 1 aliphatic carbocycles. The molecule has 262 valence electrons. The van der Waals surface area contributed by atoms with Crippen molar-refractivity contribution in [1.82, 2.24) is 30.2 Å². The van der Waals surface area contributed by atoms with E-state index in [1.54, 1.807) is 0 Å². The number of aromatic amines is 1. The van der Waals surface area contributed by atoms with Crippen LogP contribution in [-0.4, -0.2) is 138 Å². The van der Waals surface area contributed by atoms with Crippen molar-refractivity contribution in [2.24, 2.45) is 33.7 Å². The van der Waals surface area contributed by atoms with Gasteiger partial charge in [-0.3, -0.25) is 24.4 Å². The second-order valence-corrected chi connectivity index (χ2v) is 11.6. The summed E-state index contributed by atoms with van der Waals surface area (Å²) in [5.41, 5.74) is 33.7. The van der Waals surface area contributed by atoms with E-state index in [0.29, 0.717) is 0 Å². The molecule has 19 N–H and O–H groups in total. The van der Waals surface area contributed by atoms with Gasteiger partial charge >= 0.3 is 0 Å². The third-order valence-corrected chi connectivity index (χ3v) is 8.01. The molecule has 2 fully saturated rings. The van der Waals surface area contributed by atoms with Gasteiger partial charge < -0.3 is 79.5 Å². The van der Waals surface area contributed by atoms with E-state index in [2.05, 4.69) is 30.6 Å². The number of nitrogens with one attached hydrogen (secondary N) is 3. The maximum atomic E-state index is 13.3. The Hall–Kier alpha value is -4.00. The predicted molar refractivity (Wildman–Crippen MR) is 164 cm³/mol. The zero-order chi connectivity index (χ0) is 34.6. The van der Waals surface area contributed by atoms with Crippen molar-refractivity contribution in [3.63, 3.8) is 0 Å². The normalized spacial score (nSPS) is 31.6. The summed E-state index contributed by atoms with van der Waals surface area (Å²) < 4.78 is 12.8. The number of aliphatic hydroxyl groups excluding tert-OH is 4. The first-order chi connectivity index (χ1) is 22.2. The summed E-state index contributed by atoms with van der Waals surface area (Å²) in [5, 5.41) is 47.1. The highest BCUT2D eigenvalue weighted by Crippen LogP contribution is 2.27. The molecule has 1 aliphatic heterocycles. The van der Waals surface area contributed by atoms with Crippen LogP contribution >= 0.6 is 0 Å². The van der Waals surface area contributed by atoms with Crippen molar-refractivity contribution in [3.8, 4) is 0 Å². The average Bonchev–Trinajstić information content (AvgIpc) is 3.40. The molecule has 1 saturated carbocycles. The number of hydrogen-bond acceptors (Lipinski definition) is 16. The number of H-pyrrole nitrogens is 1. The van der Waals surface area contributed by atoms with Crippen LogP contribution in [0.2, 0.25) is 0 Å². The molecule has 47 heavy (non-hydrogen) atoms. The Labute approximate surface area is 266 Å². The minimum atomic E-state index is -1.57. The van der Waals surface area contributed by atoms with Crippen molar-refractivity contribution < 1.29 is 39.5 Å². The lowest BCUT2D eigenvalue weighted by Gasteiger charge is -2.46. The van der Waals surface area contributed by atoms with E-state index in [1.807, 2.05) is 0 Å². The first kappa shape index (κ1) is 35.8. The quantitative estimate of drug-likeness (QED) is 0.0566. The van der Waals surface area contributed by atoms with Crippen molar-refractivity contribution in [3.05, 3.63) is 16.7 Å². The molecular weight excluding hydrogens is 626 g/mol. The summed E-state index contributed by atoms with van der Waals surface area (Å²) in [5.74, 6) is -1.65. The van der Waals surface area contributed by atoms with Crippen LogP contribution in [0.3, 0.4) is 0 Å². The molecule has 1 saturated heterocycles. The van der Waals surface area contributed by atoms with Crippen LogP contribution in [-0.2, 0) is 25.6 Å². The first-order valence-electron chi connectivity index (χ1n) is 14.8. The van der Waals surface area contributed by atoms with Crippen molar-refractivity contribution in [2.45, 2.75) is 92.9 Å². The third-order valence-electron chi connectivity index (χ3n) is 8.01. The molecule has 0 bridgehead atoms. The number of amides is 2. The molecule has 0 spiro atoms. The van der Waals surface area contributed by atoms with Crippen LogP contribution in [0.15, 0.2) is 16.1 Å². The molecule has 22 heteroatoms. The monoisotopic (exact) mass is 669 g/mol. The Morgan fingerprint density at radius 1 is 1.13 bits per heavy atom. The highest BCUT2D eigenvalue weighted by atomic mass is 16.7. The van der Waals surface area contributed by atoms with Crippen molar-refractivity contribution >= 4 is 34.9 Å². The number of rotatable bonds is 12. The zero-order valence-corrected chi connectivity index (χ0v) is 25.3. The molecule has 22 nitrogen and oxygen atoms in total. The second kappa shape index (κ2) is 15.3. The maximum absolute atomic E-state index is 13.3. The Balaban J connectivity index is 1.42. The lowest BCUT2D eigenvalue weighted by molar-refractivity contribution is -0.288. The number of carbonyl (C=O) groups excluding carboxylic acids is 2. The topological polar surface area (TPSA) is 390 Å². The van der Waals surface area contributed by atoms with Gasteiger partial charge in [0, 0.05) is 25.2 Å². The molecule has 2 amide bonds. The number of aliphatic hydroxyl groups is 4. The van der Waals surface area contributed by atoms with Gasteiger partial charge in [-0.2, -0.15) is 4.98 Å². The minimum absolute atomic E-state index is 0.0338. The van der Waals surface area contributed by atoms with Crippen LogP contribution in [0, 0.1) is 0 Å². The number of nitrogen functional groups attached to an aromatic ring is 1. The van der Waals surface area contributed by atoms with Crippen LogP contribution in [0.5, 0.6) is 0 Å². The highest BCUT2D eigenvalue weighted by molar-refractivity contribution is 5.88. The van der Waals surface area contributed by atoms with Gasteiger partial charge in [-0.25, -0.2) is 4.98 Å². The fraction of sp³-hybridized carbons (Fsp3) is 0.680. The second-order valence-electron chi connectivity index (χ2n) is 11.6. The minimum Gasteiger partial charge on any atom is -0.389 e. The largest absolute Gasteiger partial charge is 0.389 e. The standard InChI is InChI=1S/C25H43N13O9/c26-8-4-9(27)19(18(43)15(8)40)47-23-13(28)17(42)16(41)11(46-23)5-33-21(44)10(2-1-3-32-24(29)30)35-12(39)6-38-7-34-14-20(38)36-25(31)37-22(14)45/h7-11,13,15-19,23,40-43H,1-6,26-28H2,(H,33,44)(H,35,39)(H4,29,30,32)(H3,31,36,37,45)/t8?,9?,10-,11-,13-,15?,16-,17-,18?,19?,23-/m1/s1. The number of aromatic nitrogens is 4. The molecule has 0 aromatic carbocycles. The lowest BCUT2D eigenvalue weighted by atomic mass is 9.84. The number of carbonyl (C=O) groups is 2. The zero-order valence-electron chi connectivity index (χ0n) is 25.3. The van der Waals surface area contributed by atoms with E-state index in [9.17, 15) is 34.8 Å². The number of aliphatic imine (C=N–C) groups is 1. The van der Waals surface area contributed by atoms with Crippen molar-refractivity contribution in [1.29, 1.82) is 0 Å². The molecule has 3 heterocycles. The fourth-order valence-corrected chi connectivity index (χ4v) is 5.45. The molecule has 11 atom stereocenters. The molecule has 0 radical (unpaired) electrons. The predicted octanol–water partition coefficient (Wildman–Crippen LogP) is -7.70. The van der Waals surface area contributed by atoms with Gasteiger partial charge in [0.1, 0.15) is 43.1 Å². The van der Waals surface area contributed by atoms with E-state index in [-0.39, 0.29) is 62.0 Å². The Bertz CT molecular complexity index is 1480. The number of nitrogens with zero attached hydrogens (tertiary/aromatic N) is 4. The molecule has 4 rings (SSSR count). The fourth-order valence-electron chi connectivity index (χ4n) is 5.45. The van der Waals surface area contributed by atoms with Gasteiger partial charge in [-0.15, -0.1) is 0 Å². The van der Waals surface area contributed by atoms with Crippen LogP contribution in [0.1, 0.15) is 19.3 Å². The summed E-state index contributed by atoms with van der Waals surface area (Å²) in [6, 6.07) is -4.01. The number of nitrogens with two attached hydrogens (primary N) is 6. The smallest absolute Gasteiger partial charge is 0.280 e. The van der Waals surface area contributed by atoms with Crippen LogP contribution < -0.4 is 50.6 Å². The number of guanidine groups is 1. The SMILES string of the molecule is NC(N)=NCCC[C@@H](NC(=O)Cn1cnc2c(=O)[nH]c(N)nc21)C(=O)NC[C@H]1O[C@H](OC2C(N)CC(N)C(O)C2O)[C@H](N)[C@@H](O)[C@@H]1O. The summed E-state index contributed by atoms with van der Waals surface area (Å²) in [6.45, 7) is -0.580. The van der Waals surface area contributed by atoms with E-state index in [1.165, 1.54) is 10.9 Å². The van der Waals surface area contributed by atoms with Gasteiger partial charge in [0.2, 0.25) is 17.8 Å². The lowest BCUT2D eigenvalue weighted by Crippen LogP contribution is -2.67. The Kier molecular flexibility index (Phi) is 11.6. The van der Waals surface area contributed by atoms with Gasteiger partial charge in [0.25, 0.3) is 5.56 Å². The maximum Gasteiger partial charge on any atom is 0.280 e. The molecule has 5 unspecified atom stereocenters. The molecule has 2 aromatic heterocycles. The first-order valence-corrected chi connectivity index (χ1v) is 14.8. The highest BCUT2D eigenvalue weighted by Gasteiger charge is 2.48. The number of ether oxygens (including phenoxy) is 2. The van der Waals surface area contributed by atoms with E-state index >= 15 is 0 Å². The summed E-state index contributed by atoms with van der Waals surface area (Å²) in [7, 11) is 0. The van der Waals surface area contributed by atoms with Gasteiger partial charge in [0.05, 0.1) is 18.5 Å². The Morgan fingerprint density at radius 3 is 2.55 bits per heavy atom. The molecule has 2 aliphatic rings. The van der Waals surface area contributed by atoms with E-state index in [0.717, 1.165) is 0 Å². The van der Waals surface area contributed by atoms with Crippen LogP contribution in [0.25, 0.3) is 11.2 Å². The van der Waals surface area contributed by atoms with Gasteiger partial charge in [-0.05, 0) is 19.3 Å². The van der Waals surface area contributed by atoms with Crippen LogP contribution in [0.4, 0.5) is 5.95 Å². The number of imidazole rings is 1.